The van der Waals surface area contributed by atoms with Crippen LogP contribution >= 0.6 is 28.1 Å². The SMILES string of the molecule is CCCCOc1ccc(Br)cc1C(=O)NC(=S)NCc1ccc(OC(C)C)cc1. The average Bonchev–Trinajstić information content (AvgIpc) is 2.68. The molecule has 2 aromatic carbocycles. The summed E-state index contributed by atoms with van der Waals surface area (Å²) in [6.45, 7) is 7.13. The summed E-state index contributed by atoms with van der Waals surface area (Å²) >= 11 is 8.67. The monoisotopic (exact) mass is 478 g/mol. The molecular weight excluding hydrogens is 452 g/mol. The third-order valence-electron chi connectivity index (χ3n) is 3.92. The Labute approximate surface area is 186 Å². The molecule has 2 rings (SSSR count). The van der Waals surface area contributed by atoms with E-state index in [1.165, 1.54) is 0 Å². The smallest absolute Gasteiger partial charge is 0.261 e. The lowest BCUT2D eigenvalue weighted by atomic mass is 10.2. The molecule has 0 radical (unpaired) electrons. The largest absolute Gasteiger partial charge is 0.493 e. The second-order valence-corrected chi connectivity index (χ2v) is 8.11. The number of unbranched alkanes of at least 4 members (excludes halogenated alkanes) is 1. The maximum absolute atomic E-state index is 12.7. The molecule has 156 valence electrons. The minimum atomic E-state index is -0.309. The van der Waals surface area contributed by atoms with Crippen molar-refractivity contribution in [3.05, 3.63) is 58.1 Å². The van der Waals surface area contributed by atoms with Crippen LogP contribution in [0.15, 0.2) is 46.9 Å². The number of carbonyl (C=O) groups is 1. The molecule has 0 aliphatic rings. The Balaban J connectivity index is 1.91. The number of amides is 1. The molecule has 0 unspecified atom stereocenters. The zero-order chi connectivity index (χ0) is 21.2. The molecule has 0 fully saturated rings. The van der Waals surface area contributed by atoms with Gasteiger partial charge >= 0.3 is 0 Å². The summed E-state index contributed by atoms with van der Waals surface area (Å²) in [4.78, 5) is 12.7. The second-order valence-electron chi connectivity index (χ2n) is 6.79. The Hall–Kier alpha value is -2.12. The number of halogens is 1. The van der Waals surface area contributed by atoms with Crippen molar-refractivity contribution in [2.24, 2.45) is 0 Å². The predicted octanol–water partition coefficient (Wildman–Crippen LogP) is 5.22. The van der Waals surface area contributed by atoms with Gasteiger partial charge in [-0.3, -0.25) is 10.1 Å². The Morgan fingerprint density at radius 2 is 1.90 bits per heavy atom. The highest BCUT2D eigenvalue weighted by molar-refractivity contribution is 9.10. The van der Waals surface area contributed by atoms with Gasteiger partial charge in [-0.15, -0.1) is 0 Å². The van der Waals surface area contributed by atoms with Crippen LogP contribution in [0.5, 0.6) is 11.5 Å². The molecule has 7 heteroatoms. The van der Waals surface area contributed by atoms with Crippen molar-refractivity contribution in [3.8, 4) is 11.5 Å². The van der Waals surface area contributed by atoms with Crippen molar-refractivity contribution in [1.29, 1.82) is 0 Å². The van der Waals surface area contributed by atoms with Crippen LogP contribution in [-0.2, 0) is 6.54 Å². The molecule has 2 N–H and O–H groups in total. The number of nitrogens with one attached hydrogen (secondary N) is 2. The van der Waals surface area contributed by atoms with E-state index in [2.05, 4.69) is 33.5 Å². The molecule has 0 bridgehead atoms. The van der Waals surface area contributed by atoms with Gasteiger partial charge in [0.05, 0.1) is 18.3 Å². The third-order valence-corrected chi connectivity index (χ3v) is 4.66. The predicted molar refractivity (Wildman–Crippen MR) is 124 cm³/mol. The van der Waals surface area contributed by atoms with Crippen LogP contribution in [0.3, 0.4) is 0 Å². The molecule has 0 aliphatic carbocycles. The van der Waals surface area contributed by atoms with Crippen LogP contribution < -0.4 is 20.1 Å². The first-order chi connectivity index (χ1) is 13.9. The van der Waals surface area contributed by atoms with Crippen LogP contribution in [-0.4, -0.2) is 23.7 Å². The van der Waals surface area contributed by atoms with Gasteiger partial charge in [0.15, 0.2) is 5.11 Å². The van der Waals surface area contributed by atoms with Crippen LogP contribution in [0.1, 0.15) is 49.5 Å². The van der Waals surface area contributed by atoms with E-state index in [0.717, 1.165) is 28.6 Å². The molecule has 0 aromatic heterocycles. The minimum Gasteiger partial charge on any atom is -0.493 e. The highest BCUT2D eigenvalue weighted by Crippen LogP contribution is 2.23. The van der Waals surface area contributed by atoms with E-state index in [-0.39, 0.29) is 17.1 Å². The maximum atomic E-state index is 12.7. The van der Waals surface area contributed by atoms with Crippen molar-refractivity contribution in [2.75, 3.05) is 6.61 Å². The van der Waals surface area contributed by atoms with E-state index < -0.39 is 0 Å². The Bertz CT molecular complexity index is 825. The summed E-state index contributed by atoms with van der Waals surface area (Å²) in [7, 11) is 0. The molecule has 29 heavy (non-hydrogen) atoms. The van der Waals surface area contributed by atoms with E-state index >= 15 is 0 Å². The van der Waals surface area contributed by atoms with Gasteiger partial charge in [0.1, 0.15) is 11.5 Å². The highest BCUT2D eigenvalue weighted by atomic mass is 79.9. The number of ether oxygens (including phenoxy) is 2. The molecule has 2 aromatic rings. The summed E-state index contributed by atoms with van der Waals surface area (Å²) < 4.78 is 12.2. The lowest BCUT2D eigenvalue weighted by molar-refractivity contribution is 0.0972. The number of hydrogen-bond acceptors (Lipinski definition) is 4. The fourth-order valence-corrected chi connectivity index (χ4v) is 3.01. The van der Waals surface area contributed by atoms with Gasteiger partial charge < -0.3 is 14.8 Å². The van der Waals surface area contributed by atoms with Gasteiger partial charge in [0.25, 0.3) is 5.91 Å². The van der Waals surface area contributed by atoms with Crippen LogP contribution in [0.25, 0.3) is 0 Å². The molecule has 0 aliphatic heterocycles. The van der Waals surface area contributed by atoms with E-state index in [1.807, 2.05) is 44.2 Å². The number of thiocarbonyl (C=S) groups is 1. The van der Waals surface area contributed by atoms with Crippen LogP contribution in [0, 0.1) is 0 Å². The van der Waals surface area contributed by atoms with Crippen molar-refractivity contribution in [3.63, 3.8) is 0 Å². The number of benzene rings is 2. The molecular formula is C22H27BrN2O3S. The van der Waals surface area contributed by atoms with Gasteiger partial charge in [-0.2, -0.15) is 0 Å². The molecule has 0 saturated carbocycles. The zero-order valence-electron chi connectivity index (χ0n) is 17.0. The summed E-state index contributed by atoms with van der Waals surface area (Å²) in [6.07, 6.45) is 2.09. The topological polar surface area (TPSA) is 59.6 Å². The molecule has 1 amide bonds. The number of carbonyl (C=O) groups excluding carboxylic acids is 1. The first-order valence-corrected chi connectivity index (χ1v) is 10.9. The normalized spacial score (nSPS) is 10.5. The first-order valence-electron chi connectivity index (χ1n) is 9.66. The van der Waals surface area contributed by atoms with E-state index in [9.17, 15) is 4.79 Å². The molecule has 0 saturated heterocycles. The van der Waals surface area contributed by atoms with Crippen molar-refractivity contribution in [1.82, 2.24) is 10.6 Å². The van der Waals surface area contributed by atoms with E-state index in [1.54, 1.807) is 12.1 Å². The van der Waals surface area contributed by atoms with Gasteiger partial charge in [-0.25, -0.2) is 0 Å². The lowest BCUT2D eigenvalue weighted by Crippen LogP contribution is -2.39. The number of hydrogen-bond donors (Lipinski definition) is 2. The molecule has 0 atom stereocenters. The zero-order valence-corrected chi connectivity index (χ0v) is 19.4. The van der Waals surface area contributed by atoms with Crippen LogP contribution in [0.2, 0.25) is 0 Å². The summed E-state index contributed by atoms with van der Waals surface area (Å²) in [5.41, 5.74) is 1.47. The molecule has 5 nitrogen and oxygen atoms in total. The Morgan fingerprint density at radius 1 is 1.17 bits per heavy atom. The Morgan fingerprint density at radius 3 is 2.55 bits per heavy atom. The maximum Gasteiger partial charge on any atom is 0.261 e. The minimum absolute atomic E-state index is 0.135. The molecule has 0 heterocycles. The van der Waals surface area contributed by atoms with Crippen LogP contribution in [0.4, 0.5) is 0 Å². The van der Waals surface area contributed by atoms with E-state index in [4.69, 9.17) is 21.7 Å². The van der Waals surface area contributed by atoms with Gasteiger partial charge in [-0.05, 0) is 68.4 Å². The summed E-state index contributed by atoms with van der Waals surface area (Å²) in [6, 6.07) is 13.1. The average molecular weight is 479 g/mol. The van der Waals surface area contributed by atoms with E-state index in [0.29, 0.717) is 24.5 Å². The van der Waals surface area contributed by atoms with Gasteiger partial charge in [0.2, 0.25) is 0 Å². The first kappa shape index (κ1) is 23.2. The standard InChI is InChI=1S/C22H27BrN2O3S/c1-4-5-12-27-20-11-8-17(23)13-19(20)21(26)25-22(29)24-14-16-6-9-18(10-7-16)28-15(2)3/h6-11,13,15H,4-5,12,14H2,1-3H3,(H2,24,25,26,29). The van der Waals surface area contributed by atoms with Gasteiger partial charge in [-0.1, -0.05) is 41.4 Å². The van der Waals surface area contributed by atoms with Gasteiger partial charge in [0, 0.05) is 11.0 Å². The number of rotatable bonds is 9. The second kappa shape index (κ2) is 11.8. The van der Waals surface area contributed by atoms with Crippen molar-refractivity contribution < 1.29 is 14.3 Å². The Kier molecular flexibility index (Phi) is 9.41. The lowest BCUT2D eigenvalue weighted by Gasteiger charge is -2.14. The summed E-state index contributed by atoms with van der Waals surface area (Å²) in [5, 5.41) is 6.03. The quantitative estimate of drug-likeness (QED) is 0.382. The highest BCUT2D eigenvalue weighted by Gasteiger charge is 2.15. The van der Waals surface area contributed by atoms with Crippen molar-refractivity contribution in [2.45, 2.75) is 46.3 Å². The third kappa shape index (κ3) is 8.03. The molecule has 0 spiro atoms. The fraction of sp³-hybridized carbons (Fsp3) is 0.364. The van der Waals surface area contributed by atoms with Crippen molar-refractivity contribution >= 4 is 39.2 Å². The fourth-order valence-electron chi connectivity index (χ4n) is 2.49. The summed E-state index contributed by atoms with van der Waals surface area (Å²) in [5.74, 6) is 1.06.